The van der Waals surface area contributed by atoms with Crippen LogP contribution in [0.1, 0.15) is 38.3 Å². The number of rotatable bonds is 3. The molecule has 0 radical (unpaired) electrons. The maximum atomic E-state index is 13.8. The van der Waals surface area contributed by atoms with Gasteiger partial charge in [-0.25, -0.2) is 8.78 Å². The second-order valence-corrected chi connectivity index (χ2v) is 5.87. The topological polar surface area (TPSA) is 32.3 Å². The Morgan fingerprint density at radius 1 is 1.43 bits per heavy atom. The van der Waals surface area contributed by atoms with Gasteiger partial charge >= 0.3 is 0 Å². The highest BCUT2D eigenvalue weighted by Gasteiger charge is 2.30. The molecule has 3 nitrogen and oxygen atoms in total. The maximum Gasteiger partial charge on any atom is 0.226 e. The molecule has 1 aromatic rings. The quantitative estimate of drug-likeness (QED) is 0.930. The highest BCUT2D eigenvalue weighted by atomic mass is 19.1. The van der Waals surface area contributed by atoms with Crippen LogP contribution in [0.5, 0.6) is 0 Å². The number of carbonyl (C=O) groups is 1. The minimum absolute atomic E-state index is 0.000453. The van der Waals surface area contributed by atoms with Gasteiger partial charge in [0.15, 0.2) is 0 Å². The van der Waals surface area contributed by atoms with E-state index in [4.69, 9.17) is 0 Å². The van der Waals surface area contributed by atoms with Crippen LogP contribution in [0.2, 0.25) is 0 Å². The zero-order valence-electron chi connectivity index (χ0n) is 12.7. The van der Waals surface area contributed by atoms with Crippen LogP contribution < -0.4 is 5.32 Å². The van der Waals surface area contributed by atoms with Crippen LogP contribution in [-0.2, 0) is 4.79 Å². The van der Waals surface area contributed by atoms with E-state index in [9.17, 15) is 13.6 Å². The molecule has 21 heavy (non-hydrogen) atoms. The van der Waals surface area contributed by atoms with Crippen molar-refractivity contribution in [3.05, 3.63) is 35.4 Å². The summed E-state index contributed by atoms with van der Waals surface area (Å²) in [5.41, 5.74) is 0.216. The summed E-state index contributed by atoms with van der Waals surface area (Å²) in [5, 5.41) is 3.30. The molecule has 1 amide bonds. The summed E-state index contributed by atoms with van der Waals surface area (Å²) in [5.74, 6) is -1.03. The summed E-state index contributed by atoms with van der Waals surface area (Å²) in [7, 11) is 1.66. The molecule has 2 rings (SSSR count). The van der Waals surface area contributed by atoms with E-state index in [1.54, 1.807) is 14.0 Å². The zero-order chi connectivity index (χ0) is 15.6. The number of hydrogen-bond acceptors (Lipinski definition) is 2. The van der Waals surface area contributed by atoms with Gasteiger partial charge in [0, 0.05) is 24.6 Å². The van der Waals surface area contributed by atoms with Gasteiger partial charge in [-0.05, 0) is 51.4 Å². The van der Waals surface area contributed by atoms with Gasteiger partial charge in [0.1, 0.15) is 11.6 Å². The van der Waals surface area contributed by atoms with Crippen LogP contribution in [0.4, 0.5) is 8.78 Å². The van der Waals surface area contributed by atoms with E-state index in [1.165, 1.54) is 4.90 Å². The Morgan fingerprint density at radius 2 is 2.14 bits per heavy atom. The Labute approximate surface area is 124 Å². The van der Waals surface area contributed by atoms with Gasteiger partial charge in [0.25, 0.3) is 0 Å². The molecule has 3 atom stereocenters. The monoisotopic (exact) mass is 296 g/mol. The van der Waals surface area contributed by atoms with Gasteiger partial charge in [0.2, 0.25) is 5.91 Å². The number of piperidine rings is 1. The van der Waals surface area contributed by atoms with Crippen LogP contribution in [-0.4, -0.2) is 30.4 Å². The molecule has 116 valence electrons. The lowest BCUT2D eigenvalue weighted by Crippen LogP contribution is -2.43. The van der Waals surface area contributed by atoms with E-state index in [0.29, 0.717) is 6.04 Å². The maximum absolute atomic E-state index is 13.8. The third-order valence-electron chi connectivity index (χ3n) is 4.31. The minimum atomic E-state index is -0.491. The average molecular weight is 296 g/mol. The lowest BCUT2D eigenvalue weighted by atomic mass is 9.91. The molecule has 5 heteroatoms. The number of nitrogens with one attached hydrogen (secondary N) is 1. The fourth-order valence-corrected chi connectivity index (χ4v) is 2.88. The number of benzene rings is 1. The normalized spacial score (nSPS) is 23.7. The molecule has 1 aliphatic rings. The van der Waals surface area contributed by atoms with Crippen molar-refractivity contribution < 1.29 is 13.6 Å². The Bertz CT molecular complexity index is 521. The molecule has 0 aromatic heterocycles. The fraction of sp³-hybridized carbons (Fsp3) is 0.562. The first kappa shape index (κ1) is 15.9. The highest BCUT2D eigenvalue weighted by molar-refractivity contribution is 5.79. The Morgan fingerprint density at radius 3 is 2.81 bits per heavy atom. The molecular formula is C16H22F2N2O. The van der Waals surface area contributed by atoms with Gasteiger partial charge in [-0.2, -0.15) is 0 Å². The first-order valence-electron chi connectivity index (χ1n) is 7.35. The van der Waals surface area contributed by atoms with Gasteiger partial charge < -0.3 is 10.2 Å². The number of amides is 1. The molecule has 1 aromatic carbocycles. The molecule has 0 bridgehead atoms. The van der Waals surface area contributed by atoms with Gasteiger partial charge in [-0.15, -0.1) is 0 Å². The molecule has 1 aliphatic heterocycles. The average Bonchev–Trinajstić information content (AvgIpc) is 2.47. The molecule has 1 heterocycles. The van der Waals surface area contributed by atoms with E-state index in [1.807, 2.05) is 0 Å². The third-order valence-corrected chi connectivity index (χ3v) is 4.31. The lowest BCUT2D eigenvalue weighted by Gasteiger charge is -2.33. The Kier molecular flexibility index (Phi) is 4.93. The first-order valence-corrected chi connectivity index (χ1v) is 7.35. The summed E-state index contributed by atoms with van der Waals surface area (Å²) in [4.78, 5) is 14.1. The Balaban J connectivity index is 2.12. The van der Waals surface area contributed by atoms with Crippen molar-refractivity contribution in [2.45, 2.75) is 38.8 Å². The van der Waals surface area contributed by atoms with E-state index in [2.05, 4.69) is 12.2 Å². The van der Waals surface area contributed by atoms with Crippen molar-refractivity contribution in [1.29, 1.82) is 0 Å². The number of carbonyl (C=O) groups excluding carboxylic acids is 1. The summed E-state index contributed by atoms with van der Waals surface area (Å²) in [6.07, 6.45) is 1.56. The van der Waals surface area contributed by atoms with Gasteiger partial charge in [0.05, 0.1) is 6.04 Å². The van der Waals surface area contributed by atoms with Crippen molar-refractivity contribution in [2.75, 3.05) is 13.6 Å². The van der Waals surface area contributed by atoms with Crippen LogP contribution in [0.15, 0.2) is 18.2 Å². The summed E-state index contributed by atoms with van der Waals surface area (Å²) in [6, 6.07) is 3.17. The third kappa shape index (κ3) is 3.59. The summed E-state index contributed by atoms with van der Waals surface area (Å²) >= 11 is 0. The molecule has 0 saturated carbocycles. The van der Waals surface area contributed by atoms with Gasteiger partial charge in [-0.3, -0.25) is 4.79 Å². The molecule has 1 saturated heterocycles. The fourth-order valence-electron chi connectivity index (χ4n) is 2.88. The number of hydrogen-bond donors (Lipinski definition) is 1. The van der Waals surface area contributed by atoms with Crippen LogP contribution in [0.25, 0.3) is 0 Å². The van der Waals surface area contributed by atoms with Crippen molar-refractivity contribution >= 4 is 5.91 Å². The van der Waals surface area contributed by atoms with Crippen molar-refractivity contribution in [3.8, 4) is 0 Å². The molecule has 1 unspecified atom stereocenters. The second kappa shape index (κ2) is 6.52. The van der Waals surface area contributed by atoms with Crippen LogP contribution in [0, 0.1) is 17.6 Å². The smallest absolute Gasteiger partial charge is 0.226 e. The molecule has 0 spiro atoms. The molecule has 0 aliphatic carbocycles. The van der Waals surface area contributed by atoms with Crippen LogP contribution in [0.3, 0.4) is 0 Å². The van der Waals surface area contributed by atoms with E-state index in [0.717, 1.165) is 37.6 Å². The van der Waals surface area contributed by atoms with Crippen LogP contribution >= 0.6 is 0 Å². The van der Waals surface area contributed by atoms with Crippen molar-refractivity contribution in [1.82, 2.24) is 10.2 Å². The van der Waals surface area contributed by atoms with Gasteiger partial charge in [-0.1, -0.05) is 0 Å². The van der Waals surface area contributed by atoms with Crippen molar-refractivity contribution in [3.63, 3.8) is 0 Å². The molecule has 1 fully saturated rings. The largest absolute Gasteiger partial charge is 0.339 e. The van der Waals surface area contributed by atoms with E-state index in [-0.39, 0.29) is 17.4 Å². The Hall–Kier alpha value is -1.49. The highest BCUT2D eigenvalue weighted by Crippen LogP contribution is 2.26. The first-order chi connectivity index (χ1) is 9.90. The standard InChI is InChI=1S/C16H22F2N2O/c1-10-8-12(6-7-19-10)16(21)20(3)11(2)14-9-13(17)4-5-15(14)18/h4-5,9-12,19H,6-8H2,1-3H3/t10-,11?,12-/m0/s1. The van der Waals surface area contributed by atoms with E-state index >= 15 is 0 Å². The number of halogens is 2. The molecule has 1 N–H and O–H groups in total. The second-order valence-electron chi connectivity index (χ2n) is 5.87. The molecular weight excluding hydrogens is 274 g/mol. The minimum Gasteiger partial charge on any atom is -0.339 e. The lowest BCUT2D eigenvalue weighted by molar-refractivity contribution is -0.137. The predicted octanol–water partition coefficient (Wildman–Crippen LogP) is 2.87. The summed E-state index contributed by atoms with van der Waals surface area (Å²) in [6.45, 7) is 4.59. The summed E-state index contributed by atoms with van der Waals surface area (Å²) < 4.78 is 27.1. The number of nitrogens with zero attached hydrogens (tertiary/aromatic N) is 1. The SMILES string of the molecule is CC(c1cc(F)ccc1F)N(C)C(=O)[C@H]1CCN[C@@H](C)C1. The van der Waals surface area contributed by atoms with E-state index < -0.39 is 17.7 Å². The van der Waals surface area contributed by atoms with Crippen molar-refractivity contribution in [2.24, 2.45) is 5.92 Å². The zero-order valence-corrected chi connectivity index (χ0v) is 12.7. The predicted molar refractivity (Wildman–Crippen MR) is 77.7 cm³/mol.